The van der Waals surface area contributed by atoms with E-state index in [1.54, 1.807) is 0 Å². The maximum absolute atomic E-state index is 11.2. The fourth-order valence-electron chi connectivity index (χ4n) is 4.63. The average molecular weight is 346 g/mol. The Morgan fingerprint density at radius 3 is 2.32 bits per heavy atom. The van der Waals surface area contributed by atoms with Gasteiger partial charge in [0, 0.05) is 18.6 Å². The van der Waals surface area contributed by atoms with Crippen LogP contribution in [0.2, 0.25) is 0 Å². The molecule has 2 aliphatic heterocycles. The molecule has 0 radical (unpaired) electrons. The standard InChI is InChI=1S/C22H35NO2/c1-2-3-4-5-6-10-13-22(24)14-20-17-25-18-21(15-22)23(20)16-19-11-8-7-9-12-19/h7-9,11-12,20-21,24H,2-6,10,13-18H2,1H3. The number of benzene rings is 1. The second kappa shape index (κ2) is 9.16. The molecule has 2 saturated heterocycles. The van der Waals surface area contributed by atoms with Gasteiger partial charge >= 0.3 is 0 Å². The van der Waals surface area contributed by atoms with Crippen LogP contribution in [0.4, 0.5) is 0 Å². The summed E-state index contributed by atoms with van der Waals surface area (Å²) in [7, 11) is 0. The van der Waals surface area contributed by atoms with Crippen molar-refractivity contribution in [2.24, 2.45) is 0 Å². The summed E-state index contributed by atoms with van der Waals surface area (Å²) < 4.78 is 5.81. The minimum atomic E-state index is -0.475. The molecule has 2 unspecified atom stereocenters. The minimum Gasteiger partial charge on any atom is -0.390 e. The van der Waals surface area contributed by atoms with Gasteiger partial charge in [0.1, 0.15) is 0 Å². The Bertz CT molecular complexity index is 490. The van der Waals surface area contributed by atoms with Crippen molar-refractivity contribution < 1.29 is 9.84 Å². The van der Waals surface area contributed by atoms with Crippen LogP contribution in [0.1, 0.15) is 70.3 Å². The Balaban J connectivity index is 1.51. The van der Waals surface area contributed by atoms with E-state index >= 15 is 0 Å². The topological polar surface area (TPSA) is 32.7 Å². The molecular weight excluding hydrogens is 310 g/mol. The van der Waals surface area contributed by atoms with Gasteiger partial charge in [-0.1, -0.05) is 75.8 Å². The molecule has 3 heteroatoms. The molecule has 2 bridgehead atoms. The molecule has 25 heavy (non-hydrogen) atoms. The number of rotatable bonds is 9. The lowest BCUT2D eigenvalue weighted by molar-refractivity contribution is -0.148. The molecule has 3 nitrogen and oxygen atoms in total. The van der Waals surface area contributed by atoms with E-state index in [0.29, 0.717) is 12.1 Å². The van der Waals surface area contributed by atoms with Gasteiger partial charge in [0.2, 0.25) is 0 Å². The summed E-state index contributed by atoms with van der Waals surface area (Å²) in [6.07, 6.45) is 10.4. The first-order valence-corrected chi connectivity index (χ1v) is 10.3. The van der Waals surface area contributed by atoms with E-state index in [2.05, 4.69) is 42.2 Å². The number of aliphatic hydroxyl groups is 1. The molecule has 2 fully saturated rings. The van der Waals surface area contributed by atoms with E-state index in [1.807, 2.05) is 0 Å². The van der Waals surface area contributed by atoms with Gasteiger partial charge in [-0.05, 0) is 24.8 Å². The monoisotopic (exact) mass is 345 g/mol. The maximum Gasteiger partial charge on any atom is 0.0679 e. The van der Waals surface area contributed by atoms with Crippen LogP contribution in [0.3, 0.4) is 0 Å². The summed E-state index contributed by atoms with van der Waals surface area (Å²) >= 11 is 0. The second-order valence-corrected chi connectivity index (χ2v) is 8.15. The first-order chi connectivity index (χ1) is 12.2. The van der Waals surface area contributed by atoms with Crippen LogP contribution >= 0.6 is 0 Å². The number of hydrogen-bond donors (Lipinski definition) is 1. The Kier molecular flexibility index (Phi) is 6.92. The molecule has 2 aliphatic rings. The van der Waals surface area contributed by atoms with Gasteiger partial charge in [-0.25, -0.2) is 0 Å². The lowest BCUT2D eigenvalue weighted by Crippen LogP contribution is -2.61. The van der Waals surface area contributed by atoms with Gasteiger partial charge in [0.15, 0.2) is 0 Å². The van der Waals surface area contributed by atoms with Gasteiger partial charge < -0.3 is 9.84 Å². The van der Waals surface area contributed by atoms with Crippen LogP contribution in [0.25, 0.3) is 0 Å². The van der Waals surface area contributed by atoms with Crippen molar-refractivity contribution in [3.05, 3.63) is 35.9 Å². The Morgan fingerprint density at radius 2 is 1.64 bits per heavy atom. The number of piperidine rings is 1. The highest BCUT2D eigenvalue weighted by Crippen LogP contribution is 2.38. The van der Waals surface area contributed by atoms with Crippen molar-refractivity contribution in [1.82, 2.24) is 4.90 Å². The molecule has 3 rings (SSSR count). The fourth-order valence-corrected chi connectivity index (χ4v) is 4.63. The molecule has 0 amide bonds. The number of unbranched alkanes of at least 4 members (excludes halogenated alkanes) is 5. The number of hydrogen-bond acceptors (Lipinski definition) is 3. The van der Waals surface area contributed by atoms with E-state index in [9.17, 15) is 5.11 Å². The number of fused-ring (bicyclic) bond motifs is 2. The third-order valence-corrected chi connectivity index (χ3v) is 5.99. The normalized spacial score (nSPS) is 29.7. The van der Waals surface area contributed by atoms with Crippen molar-refractivity contribution in [1.29, 1.82) is 0 Å². The van der Waals surface area contributed by atoms with Gasteiger partial charge in [0.25, 0.3) is 0 Å². The summed E-state index contributed by atoms with van der Waals surface area (Å²) in [4.78, 5) is 2.58. The Labute approximate surface area is 153 Å². The Hall–Kier alpha value is -0.900. The van der Waals surface area contributed by atoms with Crippen LogP contribution in [0.5, 0.6) is 0 Å². The zero-order chi connectivity index (χ0) is 17.5. The molecule has 0 aliphatic carbocycles. The zero-order valence-electron chi connectivity index (χ0n) is 15.8. The molecule has 1 aromatic carbocycles. The van der Waals surface area contributed by atoms with E-state index in [0.717, 1.165) is 39.0 Å². The summed E-state index contributed by atoms with van der Waals surface area (Å²) in [5.41, 5.74) is 0.887. The van der Waals surface area contributed by atoms with Crippen LogP contribution in [0, 0.1) is 0 Å². The Morgan fingerprint density at radius 1 is 1.00 bits per heavy atom. The molecule has 1 aromatic rings. The van der Waals surface area contributed by atoms with E-state index in [-0.39, 0.29) is 0 Å². The highest BCUT2D eigenvalue weighted by molar-refractivity contribution is 5.15. The summed E-state index contributed by atoms with van der Waals surface area (Å²) in [6.45, 7) is 4.77. The molecule has 1 N–H and O–H groups in total. The van der Waals surface area contributed by atoms with E-state index in [1.165, 1.54) is 44.1 Å². The summed E-state index contributed by atoms with van der Waals surface area (Å²) in [5.74, 6) is 0. The minimum absolute atomic E-state index is 0.359. The summed E-state index contributed by atoms with van der Waals surface area (Å²) in [6, 6.07) is 11.4. The van der Waals surface area contributed by atoms with Gasteiger partial charge in [0.05, 0.1) is 18.8 Å². The quantitative estimate of drug-likeness (QED) is 0.667. The molecule has 0 saturated carbocycles. The highest BCUT2D eigenvalue weighted by Gasteiger charge is 2.45. The molecule has 0 aromatic heterocycles. The van der Waals surface area contributed by atoms with Crippen molar-refractivity contribution in [3.63, 3.8) is 0 Å². The lowest BCUT2D eigenvalue weighted by Gasteiger charge is -2.52. The number of ether oxygens (including phenoxy) is 1. The second-order valence-electron chi connectivity index (χ2n) is 8.15. The molecule has 0 spiro atoms. The average Bonchev–Trinajstić information content (AvgIpc) is 2.60. The van der Waals surface area contributed by atoms with Crippen molar-refractivity contribution in [3.8, 4) is 0 Å². The molecule has 2 heterocycles. The van der Waals surface area contributed by atoms with Crippen molar-refractivity contribution >= 4 is 0 Å². The maximum atomic E-state index is 11.2. The molecule has 140 valence electrons. The van der Waals surface area contributed by atoms with Gasteiger partial charge in [-0.3, -0.25) is 4.90 Å². The largest absolute Gasteiger partial charge is 0.390 e. The van der Waals surface area contributed by atoms with Crippen LogP contribution in [-0.2, 0) is 11.3 Å². The third kappa shape index (κ3) is 5.29. The predicted octanol–water partition coefficient (Wildman–Crippen LogP) is 4.53. The number of morpholine rings is 1. The van der Waals surface area contributed by atoms with Crippen molar-refractivity contribution in [2.75, 3.05) is 13.2 Å². The SMILES string of the molecule is CCCCCCCCC1(O)CC2COCC(C1)N2Cc1ccccc1. The first kappa shape index (κ1) is 18.9. The number of nitrogens with zero attached hydrogens (tertiary/aromatic N) is 1. The van der Waals surface area contributed by atoms with Crippen LogP contribution in [0.15, 0.2) is 30.3 Å². The molecular formula is C22H35NO2. The van der Waals surface area contributed by atoms with Crippen LogP contribution in [-0.4, -0.2) is 40.9 Å². The fraction of sp³-hybridized carbons (Fsp3) is 0.727. The predicted molar refractivity (Wildman–Crippen MR) is 103 cm³/mol. The first-order valence-electron chi connectivity index (χ1n) is 10.3. The van der Waals surface area contributed by atoms with E-state index < -0.39 is 5.60 Å². The van der Waals surface area contributed by atoms with Crippen molar-refractivity contribution in [2.45, 2.75) is 88.9 Å². The third-order valence-electron chi connectivity index (χ3n) is 5.99. The van der Waals surface area contributed by atoms with E-state index in [4.69, 9.17) is 4.74 Å². The molecule has 2 atom stereocenters. The lowest BCUT2D eigenvalue weighted by atomic mass is 9.78. The zero-order valence-corrected chi connectivity index (χ0v) is 15.8. The smallest absolute Gasteiger partial charge is 0.0679 e. The van der Waals surface area contributed by atoms with Gasteiger partial charge in [-0.2, -0.15) is 0 Å². The summed E-state index contributed by atoms with van der Waals surface area (Å²) in [5, 5.41) is 11.2. The van der Waals surface area contributed by atoms with Gasteiger partial charge in [-0.15, -0.1) is 0 Å². The van der Waals surface area contributed by atoms with Crippen LogP contribution < -0.4 is 0 Å². The highest BCUT2D eigenvalue weighted by atomic mass is 16.5.